The van der Waals surface area contributed by atoms with Crippen LogP contribution >= 0.6 is 11.6 Å². The van der Waals surface area contributed by atoms with Crippen LogP contribution in [0.2, 0.25) is 5.02 Å². The maximum absolute atomic E-state index is 13.2. The molecule has 0 aromatic carbocycles. The van der Waals surface area contributed by atoms with Gasteiger partial charge in [-0.2, -0.15) is 0 Å². The molecule has 0 atom stereocenters. The van der Waals surface area contributed by atoms with Gasteiger partial charge in [0.05, 0.1) is 22.3 Å². The maximum atomic E-state index is 13.2. The first kappa shape index (κ1) is 19.0. The molecule has 2 aliphatic heterocycles. The van der Waals surface area contributed by atoms with Crippen LogP contribution in [0.25, 0.3) is 0 Å². The van der Waals surface area contributed by atoms with Crippen LogP contribution in [0, 0.1) is 5.41 Å². The highest BCUT2D eigenvalue weighted by Gasteiger charge is 2.47. The topological polar surface area (TPSA) is 62.7 Å². The van der Waals surface area contributed by atoms with E-state index in [2.05, 4.69) is 4.98 Å². The Morgan fingerprint density at radius 2 is 1.88 bits per heavy atom. The number of likely N-dealkylation sites (tertiary alicyclic amines) is 1. The summed E-state index contributed by atoms with van der Waals surface area (Å²) >= 11 is 6.04. The van der Waals surface area contributed by atoms with Crippen molar-refractivity contribution in [1.29, 1.82) is 0 Å². The number of carbonyl (C=O) groups is 2. The van der Waals surface area contributed by atoms with Gasteiger partial charge in [-0.3, -0.25) is 9.78 Å². The fraction of sp³-hybridized carbons (Fsp3) is 0.632. The monoisotopic (exact) mass is 379 g/mol. The molecule has 0 bridgehead atoms. The summed E-state index contributed by atoms with van der Waals surface area (Å²) in [6.07, 6.45) is 6.06. The smallest absolute Gasteiger partial charge is 0.410 e. The Labute approximate surface area is 159 Å². The van der Waals surface area contributed by atoms with E-state index in [9.17, 15) is 9.59 Å². The molecular formula is C19H26ClN3O3. The van der Waals surface area contributed by atoms with E-state index in [0.717, 1.165) is 18.5 Å². The Morgan fingerprint density at radius 1 is 1.19 bits per heavy atom. The zero-order chi connectivity index (χ0) is 18.9. The summed E-state index contributed by atoms with van der Waals surface area (Å²) in [5.41, 5.74) is -0.168. The third-order valence-corrected chi connectivity index (χ3v) is 5.32. The lowest BCUT2D eigenvalue weighted by atomic mass is 9.71. The zero-order valence-corrected chi connectivity index (χ0v) is 16.4. The Morgan fingerprint density at radius 3 is 2.50 bits per heavy atom. The van der Waals surface area contributed by atoms with Gasteiger partial charge in [0.15, 0.2) is 0 Å². The lowest BCUT2D eigenvalue weighted by Crippen LogP contribution is -2.55. The quantitative estimate of drug-likeness (QED) is 0.742. The van der Waals surface area contributed by atoms with E-state index in [1.807, 2.05) is 20.8 Å². The third-order valence-electron chi connectivity index (χ3n) is 5.11. The molecule has 2 amide bonds. The van der Waals surface area contributed by atoms with Gasteiger partial charge in [-0.15, -0.1) is 0 Å². The van der Waals surface area contributed by atoms with Crippen LogP contribution in [-0.2, 0) is 9.53 Å². The largest absolute Gasteiger partial charge is 0.444 e. The minimum absolute atomic E-state index is 0.122. The number of halogens is 1. The number of nitrogens with zero attached hydrogens (tertiary/aromatic N) is 3. The van der Waals surface area contributed by atoms with Crippen LogP contribution in [0.4, 0.5) is 10.5 Å². The maximum Gasteiger partial charge on any atom is 0.410 e. The molecule has 1 aromatic rings. The lowest BCUT2D eigenvalue weighted by molar-refractivity contribution is -0.133. The predicted octanol–water partition coefficient (Wildman–Crippen LogP) is 3.88. The minimum atomic E-state index is -0.511. The van der Waals surface area contributed by atoms with Crippen molar-refractivity contribution >= 4 is 29.3 Å². The molecule has 0 unspecified atom stereocenters. The molecule has 3 heterocycles. The number of hydrogen-bond acceptors (Lipinski definition) is 4. The normalized spacial score (nSPS) is 20.4. The molecule has 0 N–H and O–H groups in total. The SMILES string of the molecule is CC(C)(C)OC(=O)N1CCC2(CCCN(c3cncc(Cl)c3)C2=O)CC1. The van der Waals surface area contributed by atoms with Crippen LogP contribution in [0.15, 0.2) is 18.5 Å². The van der Waals surface area contributed by atoms with E-state index in [-0.39, 0.29) is 12.0 Å². The highest BCUT2D eigenvalue weighted by molar-refractivity contribution is 6.30. The lowest BCUT2D eigenvalue weighted by Gasteiger charge is -2.46. The zero-order valence-electron chi connectivity index (χ0n) is 15.6. The highest BCUT2D eigenvalue weighted by Crippen LogP contribution is 2.42. The van der Waals surface area contributed by atoms with Gasteiger partial charge in [0.2, 0.25) is 5.91 Å². The first-order valence-corrected chi connectivity index (χ1v) is 9.48. The minimum Gasteiger partial charge on any atom is -0.444 e. The number of rotatable bonds is 1. The molecule has 142 valence electrons. The Bertz CT molecular complexity index is 694. The van der Waals surface area contributed by atoms with E-state index >= 15 is 0 Å². The fourth-order valence-corrected chi connectivity index (χ4v) is 3.94. The van der Waals surface area contributed by atoms with Gasteiger partial charge >= 0.3 is 6.09 Å². The second-order valence-electron chi connectivity index (χ2n) is 8.17. The van der Waals surface area contributed by atoms with Crippen LogP contribution in [0.5, 0.6) is 0 Å². The molecule has 1 aromatic heterocycles. The summed E-state index contributed by atoms with van der Waals surface area (Å²) in [5, 5.41) is 0.523. The van der Waals surface area contributed by atoms with E-state index < -0.39 is 11.0 Å². The first-order valence-electron chi connectivity index (χ1n) is 9.11. The Hall–Kier alpha value is -1.82. The number of ether oxygens (including phenoxy) is 1. The third kappa shape index (κ3) is 3.95. The van der Waals surface area contributed by atoms with Crippen LogP contribution in [0.1, 0.15) is 46.5 Å². The van der Waals surface area contributed by atoms with Crippen molar-refractivity contribution in [3.63, 3.8) is 0 Å². The summed E-state index contributed by atoms with van der Waals surface area (Å²) in [7, 11) is 0. The molecule has 2 aliphatic rings. The Kier molecular flexibility index (Phi) is 5.15. The highest BCUT2D eigenvalue weighted by atomic mass is 35.5. The number of hydrogen-bond donors (Lipinski definition) is 0. The number of carbonyl (C=O) groups excluding carboxylic acids is 2. The van der Waals surface area contributed by atoms with Gasteiger partial charge in [-0.25, -0.2) is 4.79 Å². The number of aromatic nitrogens is 1. The second-order valence-corrected chi connectivity index (χ2v) is 8.61. The van der Waals surface area contributed by atoms with Crippen molar-refractivity contribution < 1.29 is 14.3 Å². The van der Waals surface area contributed by atoms with Gasteiger partial charge in [-0.1, -0.05) is 11.6 Å². The number of anilines is 1. The van der Waals surface area contributed by atoms with Crippen molar-refractivity contribution in [2.45, 2.75) is 52.1 Å². The number of piperidine rings is 2. The van der Waals surface area contributed by atoms with Gasteiger partial charge in [0, 0.05) is 25.8 Å². The number of pyridine rings is 1. The van der Waals surface area contributed by atoms with Gasteiger partial charge < -0.3 is 14.5 Å². The van der Waals surface area contributed by atoms with Crippen LogP contribution in [-0.4, -0.2) is 47.1 Å². The van der Waals surface area contributed by atoms with E-state index in [0.29, 0.717) is 37.5 Å². The summed E-state index contributed by atoms with van der Waals surface area (Å²) in [6.45, 7) is 7.34. The summed E-state index contributed by atoms with van der Waals surface area (Å²) in [5.74, 6) is 0.122. The Balaban J connectivity index is 1.69. The standard InChI is InChI=1S/C19H26ClN3O3/c1-18(2,3)26-17(25)22-9-6-19(7-10-22)5-4-8-23(16(19)24)15-11-14(20)12-21-13-15/h11-13H,4-10H2,1-3H3. The van der Waals surface area contributed by atoms with Gasteiger partial charge in [0.1, 0.15) is 5.60 Å². The molecular weight excluding hydrogens is 354 g/mol. The van der Waals surface area contributed by atoms with Gasteiger partial charge in [0.25, 0.3) is 0 Å². The molecule has 0 saturated carbocycles. The molecule has 0 radical (unpaired) electrons. The molecule has 0 aliphatic carbocycles. The van der Waals surface area contributed by atoms with Crippen molar-refractivity contribution in [2.24, 2.45) is 5.41 Å². The van der Waals surface area contributed by atoms with E-state index in [4.69, 9.17) is 16.3 Å². The van der Waals surface area contributed by atoms with Crippen molar-refractivity contribution in [2.75, 3.05) is 24.5 Å². The first-order chi connectivity index (χ1) is 12.2. The van der Waals surface area contributed by atoms with Crippen molar-refractivity contribution in [1.82, 2.24) is 9.88 Å². The summed E-state index contributed by atoms with van der Waals surface area (Å²) in [4.78, 5) is 33.1. The molecule has 26 heavy (non-hydrogen) atoms. The average Bonchev–Trinajstić information content (AvgIpc) is 2.56. The summed E-state index contributed by atoms with van der Waals surface area (Å²) in [6, 6.07) is 1.78. The van der Waals surface area contributed by atoms with Gasteiger partial charge in [-0.05, 0) is 52.5 Å². The second kappa shape index (κ2) is 7.06. The molecule has 6 nitrogen and oxygen atoms in total. The molecule has 7 heteroatoms. The van der Waals surface area contributed by atoms with Crippen molar-refractivity contribution in [3.8, 4) is 0 Å². The van der Waals surface area contributed by atoms with E-state index in [1.54, 1.807) is 28.3 Å². The fourth-order valence-electron chi connectivity index (χ4n) is 3.77. The van der Waals surface area contributed by atoms with Crippen LogP contribution in [0.3, 0.4) is 0 Å². The van der Waals surface area contributed by atoms with Crippen LogP contribution < -0.4 is 4.90 Å². The molecule has 3 rings (SSSR count). The molecule has 2 fully saturated rings. The number of amides is 2. The van der Waals surface area contributed by atoms with E-state index in [1.165, 1.54) is 0 Å². The predicted molar refractivity (Wildman–Crippen MR) is 100 cm³/mol. The average molecular weight is 380 g/mol. The van der Waals surface area contributed by atoms with Crippen molar-refractivity contribution in [3.05, 3.63) is 23.5 Å². The molecule has 2 saturated heterocycles. The molecule has 1 spiro atoms. The summed E-state index contributed by atoms with van der Waals surface area (Å²) < 4.78 is 5.45.